The van der Waals surface area contributed by atoms with Crippen LogP contribution in [0, 0.1) is 13.8 Å². The second-order valence-electron chi connectivity index (χ2n) is 6.14. The summed E-state index contributed by atoms with van der Waals surface area (Å²) in [5.41, 5.74) is 3.97. The quantitative estimate of drug-likeness (QED) is 0.689. The van der Waals surface area contributed by atoms with E-state index in [9.17, 15) is 4.79 Å². The first-order chi connectivity index (χ1) is 12.5. The monoisotopic (exact) mass is 367 g/mol. The first kappa shape index (κ1) is 18.2. The van der Waals surface area contributed by atoms with Gasteiger partial charge in [-0.25, -0.2) is 0 Å². The largest absolute Gasteiger partial charge is 0.338 e. The van der Waals surface area contributed by atoms with Crippen molar-refractivity contribution >= 4 is 23.4 Å². The summed E-state index contributed by atoms with van der Waals surface area (Å²) >= 11 is 1.47. The average Bonchev–Trinajstić information content (AvgIpc) is 3.09. The Bertz CT molecular complexity index is 907. The predicted molar refractivity (Wildman–Crippen MR) is 105 cm³/mol. The number of aryl methyl sites for hydroxylation is 2. The molecular formula is C20H21N3O2S. The van der Waals surface area contributed by atoms with Crippen LogP contribution in [0.3, 0.4) is 0 Å². The van der Waals surface area contributed by atoms with Gasteiger partial charge >= 0.3 is 0 Å². The molecule has 5 nitrogen and oxygen atoms in total. The number of carbonyl (C=O) groups is 1. The predicted octanol–water partition coefficient (Wildman–Crippen LogP) is 4.61. The van der Waals surface area contributed by atoms with Crippen LogP contribution in [0.5, 0.6) is 0 Å². The van der Waals surface area contributed by atoms with E-state index in [1.165, 1.54) is 11.8 Å². The normalized spacial score (nSPS) is 12.0. The van der Waals surface area contributed by atoms with Crippen molar-refractivity contribution in [2.75, 3.05) is 5.32 Å². The van der Waals surface area contributed by atoms with E-state index in [4.69, 9.17) is 4.52 Å². The number of carbonyl (C=O) groups excluding carboxylic acids is 1. The van der Waals surface area contributed by atoms with Crippen LogP contribution in [0.2, 0.25) is 0 Å². The van der Waals surface area contributed by atoms with Gasteiger partial charge in [-0.2, -0.15) is 4.98 Å². The molecule has 134 valence electrons. The van der Waals surface area contributed by atoms with E-state index in [0.717, 1.165) is 22.4 Å². The van der Waals surface area contributed by atoms with Gasteiger partial charge in [0.25, 0.3) is 0 Å². The minimum Gasteiger partial charge on any atom is -0.338 e. The lowest BCUT2D eigenvalue weighted by Crippen LogP contribution is -2.22. The van der Waals surface area contributed by atoms with E-state index in [1.807, 2.05) is 69.3 Å². The van der Waals surface area contributed by atoms with Crippen molar-refractivity contribution in [3.8, 4) is 11.4 Å². The van der Waals surface area contributed by atoms with Crippen LogP contribution in [0.1, 0.15) is 23.9 Å². The van der Waals surface area contributed by atoms with Gasteiger partial charge in [0.1, 0.15) is 0 Å². The standard InChI is InChI=1S/C20H21N3O2S/c1-13-7-6-9-16(11-13)21-20(24)15(3)26-12-18-22-19(23-25-18)17-10-5-4-8-14(17)2/h4-11,15H,12H2,1-3H3,(H,21,24)/t15-/m0/s1. The molecular weight excluding hydrogens is 346 g/mol. The van der Waals surface area contributed by atoms with Crippen LogP contribution in [0.4, 0.5) is 5.69 Å². The lowest BCUT2D eigenvalue weighted by molar-refractivity contribution is -0.115. The molecule has 1 aromatic heterocycles. The number of anilines is 1. The molecule has 0 spiro atoms. The zero-order valence-corrected chi connectivity index (χ0v) is 15.8. The molecule has 0 fully saturated rings. The highest BCUT2D eigenvalue weighted by Gasteiger charge is 2.16. The Morgan fingerprint density at radius 1 is 1.19 bits per heavy atom. The molecule has 1 N–H and O–H groups in total. The number of thioether (sulfide) groups is 1. The Balaban J connectivity index is 1.57. The maximum atomic E-state index is 12.3. The third-order valence-corrected chi connectivity index (χ3v) is 5.09. The fraction of sp³-hybridized carbons (Fsp3) is 0.250. The fourth-order valence-corrected chi connectivity index (χ4v) is 3.21. The van der Waals surface area contributed by atoms with Crippen molar-refractivity contribution < 1.29 is 9.32 Å². The number of aromatic nitrogens is 2. The molecule has 1 heterocycles. The summed E-state index contributed by atoms with van der Waals surface area (Å²) in [5.74, 6) is 1.54. The van der Waals surface area contributed by atoms with Gasteiger partial charge in [-0.15, -0.1) is 11.8 Å². The van der Waals surface area contributed by atoms with Crippen LogP contribution >= 0.6 is 11.8 Å². The molecule has 0 aliphatic heterocycles. The summed E-state index contributed by atoms with van der Waals surface area (Å²) in [5, 5.41) is 6.75. The van der Waals surface area contributed by atoms with Gasteiger partial charge in [-0.05, 0) is 44.0 Å². The maximum Gasteiger partial charge on any atom is 0.237 e. The summed E-state index contributed by atoms with van der Waals surface area (Å²) in [6, 6.07) is 15.7. The molecule has 1 atom stereocenters. The van der Waals surface area contributed by atoms with Gasteiger partial charge in [0.2, 0.25) is 17.6 Å². The van der Waals surface area contributed by atoms with E-state index in [-0.39, 0.29) is 11.2 Å². The second-order valence-corrected chi connectivity index (χ2v) is 7.47. The smallest absolute Gasteiger partial charge is 0.237 e. The van der Waals surface area contributed by atoms with E-state index < -0.39 is 0 Å². The molecule has 3 aromatic rings. The molecule has 6 heteroatoms. The van der Waals surface area contributed by atoms with Gasteiger partial charge in [0, 0.05) is 11.3 Å². The Morgan fingerprint density at radius 3 is 2.77 bits per heavy atom. The molecule has 0 aliphatic carbocycles. The summed E-state index contributed by atoms with van der Waals surface area (Å²) in [4.78, 5) is 16.8. The topological polar surface area (TPSA) is 68.0 Å². The van der Waals surface area contributed by atoms with Crippen molar-refractivity contribution in [1.82, 2.24) is 10.1 Å². The Kier molecular flexibility index (Phi) is 5.73. The number of rotatable bonds is 6. The molecule has 0 saturated carbocycles. The Morgan fingerprint density at radius 2 is 2.00 bits per heavy atom. The van der Waals surface area contributed by atoms with Crippen molar-refractivity contribution in [3.05, 3.63) is 65.5 Å². The number of hydrogen-bond acceptors (Lipinski definition) is 5. The van der Waals surface area contributed by atoms with Gasteiger partial charge in [0.15, 0.2) is 0 Å². The minimum atomic E-state index is -0.232. The van der Waals surface area contributed by atoms with Gasteiger partial charge in [-0.1, -0.05) is 41.6 Å². The highest BCUT2D eigenvalue weighted by Crippen LogP contribution is 2.23. The summed E-state index contributed by atoms with van der Waals surface area (Å²) < 4.78 is 5.32. The Hall–Kier alpha value is -2.60. The van der Waals surface area contributed by atoms with Crippen molar-refractivity contribution in [2.45, 2.75) is 31.8 Å². The van der Waals surface area contributed by atoms with E-state index in [1.54, 1.807) is 0 Å². The highest BCUT2D eigenvalue weighted by molar-refractivity contribution is 7.99. The summed E-state index contributed by atoms with van der Waals surface area (Å²) in [6.07, 6.45) is 0. The molecule has 3 rings (SSSR count). The Labute approximate surface area is 157 Å². The number of nitrogens with one attached hydrogen (secondary N) is 1. The third-order valence-electron chi connectivity index (χ3n) is 3.97. The second kappa shape index (κ2) is 8.19. The number of benzene rings is 2. The lowest BCUT2D eigenvalue weighted by atomic mass is 10.1. The molecule has 0 aliphatic rings. The SMILES string of the molecule is Cc1cccc(NC(=O)[C@H](C)SCc2nc(-c3ccccc3C)no2)c1. The highest BCUT2D eigenvalue weighted by atomic mass is 32.2. The van der Waals surface area contributed by atoms with Crippen LogP contribution < -0.4 is 5.32 Å². The maximum absolute atomic E-state index is 12.3. The van der Waals surface area contributed by atoms with Crippen LogP contribution in [-0.4, -0.2) is 21.3 Å². The van der Waals surface area contributed by atoms with Crippen molar-refractivity contribution in [3.63, 3.8) is 0 Å². The van der Waals surface area contributed by atoms with Crippen LogP contribution in [0.15, 0.2) is 53.1 Å². The first-order valence-corrected chi connectivity index (χ1v) is 9.45. The molecule has 0 radical (unpaired) electrons. The van der Waals surface area contributed by atoms with E-state index >= 15 is 0 Å². The summed E-state index contributed by atoms with van der Waals surface area (Å²) in [7, 11) is 0. The molecule has 2 aromatic carbocycles. The number of amides is 1. The number of nitrogens with zero attached hydrogens (tertiary/aromatic N) is 2. The lowest BCUT2D eigenvalue weighted by Gasteiger charge is -2.11. The number of hydrogen-bond donors (Lipinski definition) is 1. The van der Waals surface area contributed by atoms with Crippen molar-refractivity contribution in [2.24, 2.45) is 0 Å². The first-order valence-electron chi connectivity index (χ1n) is 8.40. The summed E-state index contributed by atoms with van der Waals surface area (Å²) in [6.45, 7) is 5.88. The zero-order valence-electron chi connectivity index (χ0n) is 15.0. The molecule has 0 saturated heterocycles. The molecule has 0 bridgehead atoms. The van der Waals surface area contributed by atoms with Gasteiger partial charge in [0.05, 0.1) is 11.0 Å². The van der Waals surface area contributed by atoms with Crippen LogP contribution in [0.25, 0.3) is 11.4 Å². The van der Waals surface area contributed by atoms with Gasteiger partial charge < -0.3 is 9.84 Å². The third kappa shape index (κ3) is 4.52. The minimum absolute atomic E-state index is 0.0424. The molecule has 26 heavy (non-hydrogen) atoms. The molecule has 0 unspecified atom stereocenters. The van der Waals surface area contributed by atoms with E-state index in [0.29, 0.717) is 17.5 Å². The van der Waals surface area contributed by atoms with E-state index in [2.05, 4.69) is 15.5 Å². The fourth-order valence-electron chi connectivity index (χ4n) is 2.49. The van der Waals surface area contributed by atoms with Gasteiger partial charge in [-0.3, -0.25) is 4.79 Å². The van der Waals surface area contributed by atoms with Crippen molar-refractivity contribution in [1.29, 1.82) is 0 Å². The van der Waals surface area contributed by atoms with Crippen LogP contribution in [-0.2, 0) is 10.5 Å². The zero-order chi connectivity index (χ0) is 18.5. The average molecular weight is 367 g/mol. The molecule has 1 amide bonds.